The zero-order valence-electron chi connectivity index (χ0n) is 15.6. The second-order valence-electron chi connectivity index (χ2n) is 7.64. The van der Waals surface area contributed by atoms with Gasteiger partial charge in [0.1, 0.15) is 0 Å². The average Bonchev–Trinajstić information content (AvgIpc) is 3.17. The molecule has 0 radical (unpaired) electrons. The van der Waals surface area contributed by atoms with Crippen molar-refractivity contribution in [1.82, 2.24) is 20.0 Å². The van der Waals surface area contributed by atoms with Crippen LogP contribution in [-0.4, -0.2) is 75.6 Å². The Morgan fingerprint density at radius 2 is 2.04 bits per heavy atom. The fourth-order valence-electron chi connectivity index (χ4n) is 4.10. The van der Waals surface area contributed by atoms with E-state index in [9.17, 15) is 9.59 Å². The van der Waals surface area contributed by atoms with Crippen LogP contribution in [0.25, 0.3) is 10.9 Å². The lowest BCUT2D eigenvalue weighted by Gasteiger charge is -2.31. The van der Waals surface area contributed by atoms with Gasteiger partial charge in [-0.2, -0.15) is 5.10 Å². The fourth-order valence-corrected chi connectivity index (χ4v) is 4.10. The van der Waals surface area contributed by atoms with Crippen LogP contribution in [0.1, 0.15) is 29.8 Å². The normalized spacial score (nSPS) is 23.4. The predicted molar refractivity (Wildman–Crippen MR) is 102 cm³/mol. The molecule has 148 valence electrons. The van der Waals surface area contributed by atoms with E-state index in [2.05, 4.69) is 27.5 Å². The Morgan fingerprint density at radius 3 is 2.64 bits per heavy atom. The Bertz CT molecular complexity index is 920. The molecule has 1 aliphatic carbocycles. The number of carbonyl (C=O) groups excluding carboxylic acids is 2. The second-order valence-corrected chi connectivity index (χ2v) is 7.64. The van der Waals surface area contributed by atoms with E-state index >= 15 is 0 Å². The van der Waals surface area contributed by atoms with Gasteiger partial charge in [-0.05, 0) is 44.5 Å². The van der Waals surface area contributed by atoms with Crippen LogP contribution in [0.2, 0.25) is 0 Å². The average molecular weight is 385 g/mol. The molecule has 9 heteroatoms. The largest absolute Gasteiger partial charge is 0.483 e. The summed E-state index contributed by atoms with van der Waals surface area (Å²) in [5, 5.41) is 17.8. The van der Waals surface area contributed by atoms with Crippen LogP contribution >= 0.6 is 0 Å². The highest BCUT2D eigenvalue weighted by Crippen LogP contribution is 2.33. The van der Waals surface area contributed by atoms with Crippen molar-refractivity contribution < 1.29 is 19.5 Å². The molecular formula is C19H23N5O4. The van der Waals surface area contributed by atoms with Gasteiger partial charge in [-0.1, -0.05) is 0 Å². The van der Waals surface area contributed by atoms with Crippen LogP contribution in [0.4, 0.5) is 5.69 Å². The van der Waals surface area contributed by atoms with Gasteiger partial charge in [0, 0.05) is 42.2 Å². The lowest BCUT2D eigenvalue weighted by molar-refractivity contribution is -0.123. The summed E-state index contributed by atoms with van der Waals surface area (Å²) < 4.78 is 0. The number of amides is 2. The molecule has 2 aromatic rings. The number of H-pyrrole nitrogens is 1. The number of rotatable bonds is 3. The second kappa shape index (κ2) is 7.23. The zero-order chi connectivity index (χ0) is 19.8. The minimum absolute atomic E-state index is 0.0162. The Hall–Kier alpha value is -2.94. The highest BCUT2D eigenvalue weighted by Gasteiger charge is 2.44. The molecule has 2 aliphatic heterocycles. The topological polar surface area (TPSA) is 119 Å². The monoisotopic (exact) mass is 385 g/mol. The molecule has 3 N–H and O–H groups in total. The fraction of sp³-hybridized carbons (Fsp3) is 0.474. The van der Waals surface area contributed by atoms with Crippen molar-refractivity contribution in [2.45, 2.75) is 31.3 Å². The van der Waals surface area contributed by atoms with E-state index in [1.165, 1.54) is 0 Å². The highest BCUT2D eigenvalue weighted by atomic mass is 16.3. The number of anilines is 1. The molecule has 3 heterocycles. The van der Waals surface area contributed by atoms with E-state index < -0.39 is 0 Å². The summed E-state index contributed by atoms with van der Waals surface area (Å²) in [6.45, 7) is 1.45. The van der Waals surface area contributed by atoms with Crippen LogP contribution < -0.4 is 5.32 Å². The summed E-state index contributed by atoms with van der Waals surface area (Å²) in [7, 11) is 2.12. The number of hydrogen-bond acceptors (Lipinski definition) is 5. The number of piperazine rings is 1. The first-order chi connectivity index (χ1) is 13.5. The Balaban J connectivity index is 0.000000604. The zero-order valence-corrected chi connectivity index (χ0v) is 15.6. The van der Waals surface area contributed by atoms with Gasteiger partial charge in [0.05, 0.1) is 5.52 Å². The van der Waals surface area contributed by atoms with Crippen molar-refractivity contribution in [2.24, 2.45) is 5.92 Å². The molecule has 3 aliphatic rings. The van der Waals surface area contributed by atoms with Gasteiger partial charge in [-0.25, -0.2) is 0 Å². The molecule has 5 rings (SSSR count). The standard InChI is InChI=1S/C18H21N5O2.CH2O2/c1-22-8-13-7-12(22)9-23(13)18(25)16-14-6-11(4-5-15(14)20-21-16)19-17(24)10-2-3-10;2-1-3/h4-6,10,12-13H,2-3,7-9H2,1H3,(H,19,24)(H,20,21);1H,(H,2,3). The highest BCUT2D eigenvalue weighted by molar-refractivity contribution is 6.06. The minimum atomic E-state index is -0.250. The van der Waals surface area contributed by atoms with Gasteiger partial charge >= 0.3 is 0 Å². The molecule has 2 bridgehead atoms. The number of benzene rings is 1. The van der Waals surface area contributed by atoms with Crippen molar-refractivity contribution in [3.05, 3.63) is 23.9 Å². The van der Waals surface area contributed by atoms with Gasteiger partial charge in [0.25, 0.3) is 12.4 Å². The molecule has 2 saturated heterocycles. The number of nitrogens with zero attached hydrogens (tertiary/aromatic N) is 3. The smallest absolute Gasteiger partial charge is 0.290 e. The molecule has 28 heavy (non-hydrogen) atoms. The summed E-state index contributed by atoms with van der Waals surface area (Å²) in [5.74, 6) is 0.200. The van der Waals surface area contributed by atoms with E-state index in [4.69, 9.17) is 9.90 Å². The number of carboxylic acid groups (broad SMARTS) is 1. The summed E-state index contributed by atoms with van der Waals surface area (Å²) >= 11 is 0. The van der Waals surface area contributed by atoms with E-state index in [1.54, 1.807) is 0 Å². The number of hydrogen-bond donors (Lipinski definition) is 3. The first kappa shape index (κ1) is 18.4. The van der Waals surface area contributed by atoms with Crippen LogP contribution in [0.15, 0.2) is 18.2 Å². The third-order valence-corrected chi connectivity index (χ3v) is 5.76. The van der Waals surface area contributed by atoms with Crippen molar-refractivity contribution in [3.8, 4) is 0 Å². The van der Waals surface area contributed by atoms with E-state index in [1.807, 2.05) is 23.1 Å². The summed E-state index contributed by atoms with van der Waals surface area (Å²) in [6.07, 6.45) is 2.98. The van der Waals surface area contributed by atoms with Crippen LogP contribution in [-0.2, 0) is 9.59 Å². The molecule has 3 fully saturated rings. The summed E-state index contributed by atoms with van der Waals surface area (Å²) in [5.41, 5.74) is 1.99. The molecule has 1 aromatic heterocycles. The van der Waals surface area contributed by atoms with Crippen molar-refractivity contribution in [2.75, 3.05) is 25.5 Å². The van der Waals surface area contributed by atoms with Crippen LogP contribution in [0.3, 0.4) is 0 Å². The predicted octanol–water partition coefficient (Wildman–Crippen LogP) is 1.14. The summed E-state index contributed by atoms with van der Waals surface area (Å²) in [4.78, 5) is 37.6. The first-order valence-electron chi connectivity index (χ1n) is 9.40. The van der Waals surface area contributed by atoms with Gasteiger partial charge in [0.2, 0.25) is 5.91 Å². The molecule has 2 unspecified atom stereocenters. The number of aromatic nitrogens is 2. The number of nitrogens with one attached hydrogen (secondary N) is 2. The third-order valence-electron chi connectivity index (χ3n) is 5.76. The molecule has 9 nitrogen and oxygen atoms in total. The Morgan fingerprint density at radius 1 is 1.29 bits per heavy atom. The molecule has 2 atom stereocenters. The van der Waals surface area contributed by atoms with E-state index in [-0.39, 0.29) is 30.2 Å². The van der Waals surface area contributed by atoms with Crippen molar-refractivity contribution >= 4 is 34.9 Å². The van der Waals surface area contributed by atoms with Crippen molar-refractivity contribution in [3.63, 3.8) is 0 Å². The molecule has 0 spiro atoms. The Labute approximate surface area is 161 Å². The number of aromatic amines is 1. The van der Waals surface area contributed by atoms with Gasteiger partial charge < -0.3 is 15.3 Å². The van der Waals surface area contributed by atoms with Gasteiger partial charge in [-0.3, -0.25) is 24.4 Å². The number of likely N-dealkylation sites (N-methyl/N-ethyl adjacent to an activating group) is 1. The maximum atomic E-state index is 13.0. The third kappa shape index (κ3) is 3.33. The minimum Gasteiger partial charge on any atom is -0.483 e. The number of carbonyl (C=O) groups is 3. The lowest BCUT2D eigenvalue weighted by atomic mass is 10.1. The van der Waals surface area contributed by atoms with Gasteiger partial charge in [0.15, 0.2) is 5.69 Å². The Kier molecular flexibility index (Phi) is 4.76. The molecule has 1 saturated carbocycles. The van der Waals surface area contributed by atoms with Crippen LogP contribution in [0.5, 0.6) is 0 Å². The molecule has 2 amide bonds. The number of likely N-dealkylation sites (tertiary alicyclic amines) is 2. The molecule has 1 aromatic carbocycles. The SMILES string of the molecule is CN1CC2CC1CN2C(=O)c1n[nH]c2ccc(NC(=O)C3CC3)cc12.O=CO. The summed E-state index contributed by atoms with van der Waals surface area (Å²) in [6, 6.07) is 6.32. The maximum Gasteiger partial charge on any atom is 0.290 e. The quantitative estimate of drug-likeness (QED) is 0.682. The van der Waals surface area contributed by atoms with Crippen LogP contribution in [0, 0.1) is 5.92 Å². The van der Waals surface area contributed by atoms with E-state index in [0.29, 0.717) is 11.7 Å². The number of fused-ring (bicyclic) bond motifs is 3. The molecular weight excluding hydrogens is 362 g/mol. The maximum absolute atomic E-state index is 13.0. The lowest BCUT2D eigenvalue weighted by Crippen LogP contribution is -2.47. The van der Waals surface area contributed by atoms with E-state index in [0.717, 1.165) is 48.9 Å². The van der Waals surface area contributed by atoms with Gasteiger partial charge in [-0.15, -0.1) is 0 Å². The first-order valence-corrected chi connectivity index (χ1v) is 9.40. The van der Waals surface area contributed by atoms with Crippen molar-refractivity contribution in [1.29, 1.82) is 0 Å².